The Labute approximate surface area is 230 Å². The normalized spacial score (nSPS) is 16.2. The van der Waals surface area contributed by atoms with Gasteiger partial charge in [0.1, 0.15) is 0 Å². The summed E-state index contributed by atoms with van der Waals surface area (Å²) in [6.45, 7) is 6.05. The van der Waals surface area contributed by atoms with Crippen molar-refractivity contribution in [2.45, 2.75) is 32.1 Å². The second-order valence-electron chi connectivity index (χ2n) is 10.2. The van der Waals surface area contributed by atoms with Gasteiger partial charge < -0.3 is 20.0 Å². The molecule has 2 heterocycles. The summed E-state index contributed by atoms with van der Waals surface area (Å²) in [5.74, 6) is -0.195. The molecule has 202 valence electrons. The first-order valence-electron chi connectivity index (χ1n) is 13.9. The fourth-order valence-corrected chi connectivity index (χ4v) is 5.57. The zero-order chi connectivity index (χ0) is 27.2. The summed E-state index contributed by atoms with van der Waals surface area (Å²) in [7, 11) is 0. The Morgan fingerprint density at radius 1 is 0.769 bits per heavy atom. The Balaban J connectivity index is 1.33. The molecule has 0 spiro atoms. The molecular weight excluding hydrogens is 488 g/mol. The van der Waals surface area contributed by atoms with Gasteiger partial charge >= 0.3 is 0 Å². The van der Waals surface area contributed by atoms with E-state index in [-0.39, 0.29) is 23.6 Å². The summed E-state index contributed by atoms with van der Waals surface area (Å²) in [6, 6.07) is 24.6. The number of piperazine rings is 1. The first-order chi connectivity index (χ1) is 19.0. The molecule has 2 saturated heterocycles. The van der Waals surface area contributed by atoms with Crippen LogP contribution in [0.3, 0.4) is 0 Å². The van der Waals surface area contributed by atoms with Crippen LogP contribution in [0.5, 0.6) is 0 Å². The van der Waals surface area contributed by atoms with Crippen LogP contribution >= 0.6 is 0 Å². The minimum absolute atomic E-state index is 0.00746. The molecule has 0 bridgehead atoms. The van der Waals surface area contributed by atoms with Crippen molar-refractivity contribution in [3.8, 4) is 0 Å². The molecule has 0 aromatic heterocycles. The molecule has 0 unspecified atom stereocenters. The molecule has 2 fully saturated rings. The van der Waals surface area contributed by atoms with Gasteiger partial charge in [-0.1, -0.05) is 55.5 Å². The maximum absolute atomic E-state index is 13.6. The third-order valence-electron chi connectivity index (χ3n) is 7.75. The topological polar surface area (TPSA) is 73.0 Å². The first-order valence-corrected chi connectivity index (χ1v) is 13.9. The molecule has 0 radical (unpaired) electrons. The number of hydrogen-bond acceptors (Lipinski definition) is 4. The molecule has 2 aliphatic heterocycles. The lowest BCUT2D eigenvalue weighted by Crippen LogP contribution is -2.50. The van der Waals surface area contributed by atoms with Crippen molar-refractivity contribution in [1.82, 2.24) is 9.80 Å². The quantitative estimate of drug-likeness (QED) is 0.471. The summed E-state index contributed by atoms with van der Waals surface area (Å²) < 4.78 is 0. The van der Waals surface area contributed by atoms with E-state index in [2.05, 4.69) is 17.1 Å². The number of carbonyl (C=O) groups is 3. The molecule has 7 heteroatoms. The second-order valence-corrected chi connectivity index (χ2v) is 10.2. The van der Waals surface area contributed by atoms with Crippen molar-refractivity contribution < 1.29 is 14.4 Å². The van der Waals surface area contributed by atoms with E-state index in [4.69, 9.17) is 0 Å². The zero-order valence-corrected chi connectivity index (χ0v) is 22.5. The Morgan fingerprint density at radius 2 is 1.41 bits per heavy atom. The lowest BCUT2D eigenvalue weighted by atomic mass is 9.94. The maximum atomic E-state index is 13.6. The average molecular weight is 525 g/mol. The predicted molar refractivity (Wildman–Crippen MR) is 154 cm³/mol. The van der Waals surface area contributed by atoms with Gasteiger partial charge in [-0.2, -0.15) is 0 Å². The Hall–Kier alpha value is -4.13. The van der Waals surface area contributed by atoms with Crippen molar-refractivity contribution in [3.05, 3.63) is 95.6 Å². The third kappa shape index (κ3) is 5.98. The minimum Gasteiger partial charge on any atom is -0.367 e. The molecule has 0 saturated carbocycles. The summed E-state index contributed by atoms with van der Waals surface area (Å²) in [5.41, 5.74) is 3.66. The van der Waals surface area contributed by atoms with Crippen LogP contribution in [0.25, 0.3) is 0 Å². The number of amides is 3. The van der Waals surface area contributed by atoms with Gasteiger partial charge in [0.2, 0.25) is 5.91 Å². The van der Waals surface area contributed by atoms with E-state index in [0.29, 0.717) is 43.0 Å². The largest absolute Gasteiger partial charge is 0.367 e. The summed E-state index contributed by atoms with van der Waals surface area (Å²) >= 11 is 0. The highest BCUT2D eigenvalue weighted by Gasteiger charge is 2.30. The lowest BCUT2D eigenvalue weighted by molar-refractivity contribution is -0.133. The average Bonchev–Trinajstić information content (AvgIpc) is 3.53. The zero-order valence-electron chi connectivity index (χ0n) is 22.5. The Bertz CT molecular complexity index is 1300. The van der Waals surface area contributed by atoms with Crippen LogP contribution in [-0.2, 0) is 4.79 Å². The number of nitrogens with zero attached hydrogens (tertiary/aromatic N) is 3. The number of rotatable bonds is 7. The number of anilines is 2. The van der Waals surface area contributed by atoms with Crippen LogP contribution in [0.4, 0.5) is 11.4 Å². The lowest BCUT2D eigenvalue weighted by Gasteiger charge is -2.38. The van der Waals surface area contributed by atoms with E-state index in [0.717, 1.165) is 43.6 Å². The van der Waals surface area contributed by atoms with Crippen LogP contribution in [-0.4, -0.2) is 66.8 Å². The number of nitrogens with one attached hydrogen (secondary N) is 1. The van der Waals surface area contributed by atoms with Crippen LogP contribution in [0.2, 0.25) is 0 Å². The number of hydrogen-bond donors (Lipinski definition) is 1. The van der Waals surface area contributed by atoms with E-state index in [9.17, 15) is 14.4 Å². The van der Waals surface area contributed by atoms with Gasteiger partial charge in [-0.25, -0.2) is 0 Å². The van der Waals surface area contributed by atoms with Gasteiger partial charge in [0.05, 0.1) is 11.5 Å². The Kier molecular flexibility index (Phi) is 8.25. The van der Waals surface area contributed by atoms with Gasteiger partial charge in [-0.3, -0.25) is 14.4 Å². The van der Waals surface area contributed by atoms with E-state index in [1.807, 2.05) is 70.5 Å². The van der Waals surface area contributed by atoms with Crippen molar-refractivity contribution in [2.24, 2.45) is 0 Å². The van der Waals surface area contributed by atoms with Crippen LogP contribution in [0, 0.1) is 0 Å². The highest BCUT2D eigenvalue weighted by molar-refractivity contribution is 6.06. The van der Waals surface area contributed by atoms with E-state index in [1.54, 1.807) is 18.2 Å². The van der Waals surface area contributed by atoms with Gasteiger partial charge in [0.25, 0.3) is 11.8 Å². The second kappa shape index (κ2) is 12.2. The minimum atomic E-state index is -0.209. The smallest absolute Gasteiger partial charge is 0.256 e. The summed E-state index contributed by atoms with van der Waals surface area (Å²) in [6.07, 6.45) is 2.77. The molecule has 1 atom stereocenters. The standard InChI is InChI=1S/C32H36N4O3/c1-2-27(24-11-5-3-6-12-24)31(38)36-21-19-34(20-22-36)29-16-15-26(33-30(37)25-13-7-4-8-14-25)23-28(29)32(39)35-17-9-10-18-35/h3-8,11-16,23,27H,2,9-10,17-22H2,1H3,(H,33,37)/t27-/m1/s1. The number of likely N-dealkylation sites (tertiary alicyclic amines) is 1. The molecule has 2 aliphatic rings. The molecule has 7 nitrogen and oxygen atoms in total. The highest BCUT2D eigenvalue weighted by Crippen LogP contribution is 2.29. The van der Waals surface area contributed by atoms with Gasteiger partial charge in [0, 0.05) is 56.2 Å². The van der Waals surface area contributed by atoms with Gasteiger partial charge in [-0.15, -0.1) is 0 Å². The molecular formula is C32H36N4O3. The fourth-order valence-electron chi connectivity index (χ4n) is 5.57. The monoisotopic (exact) mass is 524 g/mol. The first kappa shape index (κ1) is 26.5. The molecule has 3 aromatic carbocycles. The van der Waals surface area contributed by atoms with Gasteiger partial charge in [-0.05, 0) is 55.2 Å². The molecule has 0 aliphatic carbocycles. The molecule has 3 aromatic rings. The van der Waals surface area contributed by atoms with Crippen molar-refractivity contribution in [1.29, 1.82) is 0 Å². The molecule has 5 rings (SSSR count). The number of benzene rings is 3. The molecule has 39 heavy (non-hydrogen) atoms. The van der Waals surface area contributed by atoms with Crippen molar-refractivity contribution in [2.75, 3.05) is 49.5 Å². The van der Waals surface area contributed by atoms with E-state index < -0.39 is 0 Å². The fraction of sp³-hybridized carbons (Fsp3) is 0.344. The summed E-state index contributed by atoms with van der Waals surface area (Å²) in [4.78, 5) is 45.8. The summed E-state index contributed by atoms with van der Waals surface area (Å²) in [5, 5.41) is 2.95. The van der Waals surface area contributed by atoms with E-state index in [1.165, 1.54) is 0 Å². The van der Waals surface area contributed by atoms with Crippen LogP contribution in [0.15, 0.2) is 78.9 Å². The third-order valence-corrected chi connectivity index (χ3v) is 7.75. The molecule has 1 N–H and O–H groups in total. The Morgan fingerprint density at radius 3 is 2.05 bits per heavy atom. The van der Waals surface area contributed by atoms with Gasteiger partial charge in [0.15, 0.2) is 0 Å². The maximum Gasteiger partial charge on any atom is 0.256 e. The highest BCUT2D eigenvalue weighted by atomic mass is 16.2. The predicted octanol–water partition coefficient (Wildman–Crippen LogP) is 5.02. The van der Waals surface area contributed by atoms with Crippen LogP contribution < -0.4 is 10.2 Å². The van der Waals surface area contributed by atoms with Crippen molar-refractivity contribution in [3.63, 3.8) is 0 Å². The van der Waals surface area contributed by atoms with E-state index >= 15 is 0 Å². The van der Waals surface area contributed by atoms with Crippen LogP contribution in [0.1, 0.15) is 58.4 Å². The SMILES string of the molecule is CC[C@@H](C(=O)N1CCN(c2ccc(NC(=O)c3ccccc3)cc2C(=O)N2CCCC2)CC1)c1ccccc1. The molecule has 3 amide bonds. The number of carbonyl (C=O) groups excluding carboxylic acids is 3. The van der Waals surface area contributed by atoms with Crippen molar-refractivity contribution >= 4 is 29.1 Å².